The van der Waals surface area contributed by atoms with Crippen molar-refractivity contribution in [3.8, 4) is 0 Å². The Kier molecular flexibility index (Phi) is 5.01. The summed E-state index contributed by atoms with van der Waals surface area (Å²) < 4.78 is 5.15. The van der Waals surface area contributed by atoms with E-state index in [-0.39, 0.29) is 0 Å². The van der Waals surface area contributed by atoms with E-state index in [0.717, 1.165) is 6.61 Å². The van der Waals surface area contributed by atoms with Crippen LogP contribution in [0.4, 0.5) is 0 Å². The predicted octanol–water partition coefficient (Wildman–Crippen LogP) is 1.57. The van der Waals surface area contributed by atoms with Crippen molar-refractivity contribution >= 4 is 9.76 Å². The molecule has 0 bridgehead atoms. The minimum Gasteiger partial charge on any atom is -0.412 e. The Morgan fingerprint density at radius 1 is 1.75 bits per heavy atom. The Morgan fingerprint density at radius 3 is 2.75 bits per heavy atom. The van der Waals surface area contributed by atoms with Crippen LogP contribution in [0, 0.1) is 0 Å². The summed E-state index contributed by atoms with van der Waals surface area (Å²) >= 11 is 0. The van der Waals surface area contributed by atoms with Gasteiger partial charge in [-0.1, -0.05) is 11.3 Å². The fourth-order valence-corrected chi connectivity index (χ4v) is 0.735. The molecule has 1 nitrogen and oxygen atoms in total. The average molecular weight is 128 g/mol. The average Bonchev–Trinajstić information content (AvgIpc) is 1.83. The molecule has 0 aromatic carbocycles. The van der Waals surface area contributed by atoms with Crippen molar-refractivity contribution in [1.82, 2.24) is 0 Å². The third-order valence-corrected chi connectivity index (χ3v) is 1.85. The van der Waals surface area contributed by atoms with E-state index in [1.54, 1.807) is 0 Å². The van der Waals surface area contributed by atoms with Gasteiger partial charge in [0.1, 0.15) is 0 Å². The van der Waals surface area contributed by atoms with Crippen molar-refractivity contribution in [1.29, 1.82) is 0 Å². The van der Waals surface area contributed by atoms with Crippen LogP contribution >= 0.6 is 0 Å². The molecule has 0 aliphatic carbocycles. The maximum Gasteiger partial charge on any atom is 0.263 e. The maximum atomic E-state index is 5.15. The van der Waals surface area contributed by atoms with Crippen LogP contribution in [0.5, 0.6) is 0 Å². The Morgan fingerprint density at radius 2 is 2.38 bits per heavy atom. The summed E-state index contributed by atoms with van der Waals surface area (Å²) in [5, 5.41) is 1.33. The van der Waals surface area contributed by atoms with Gasteiger partial charge in [0.2, 0.25) is 0 Å². The summed E-state index contributed by atoms with van der Waals surface area (Å²) in [7, 11) is 0.567. The van der Waals surface area contributed by atoms with Crippen molar-refractivity contribution in [2.24, 2.45) is 0 Å². The van der Waals surface area contributed by atoms with Crippen LogP contribution in [0.15, 0.2) is 11.3 Å². The molecule has 0 fully saturated rings. The minimum atomic E-state index is 0.567. The minimum absolute atomic E-state index is 0.567. The molecular weight excluding hydrogens is 116 g/mol. The molecule has 0 amide bonds. The highest BCUT2D eigenvalue weighted by atomic mass is 28.2. The standard InChI is InChI=1S/C6H12OSi/c1-4-6(3)8-7-5-2/h4H,5H2,1-3H3/b6-4+. The Balaban J connectivity index is 3.12. The molecule has 2 heteroatoms. The van der Waals surface area contributed by atoms with Crippen molar-refractivity contribution < 1.29 is 4.43 Å². The molecule has 0 unspecified atom stereocenters. The second kappa shape index (κ2) is 5.06. The number of allylic oxidation sites excluding steroid dienone is 2. The highest BCUT2D eigenvalue weighted by Crippen LogP contribution is 1.87. The van der Waals surface area contributed by atoms with Gasteiger partial charge in [-0.25, -0.2) is 0 Å². The smallest absolute Gasteiger partial charge is 0.263 e. The van der Waals surface area contributed by atoms with Crippen LogP contribution in [0.25, 0.3) is 0 Å². The van der Waals surface area contributed by atoms with Gasteiger partial charge in [-0.2, -0.15) is 0 Å². The Bertz CT molecular complexity index is 78.6. The van der Waals surface area contributed by atoms with E-state index in [9.17, 15) is 0 Å². The zero-order valence-electron chi connectivity index (χ0n) is 5.69. The zero-order valence-corrected chi connectivity index (χ0v) is 6.69. The summed E-state index contributed by atoms with van der Waals surface area (Å²) in [6.45, 7) is 6.94. The first-order chi connectivity index (χ1) is 3.81. The van der Waals surface area contributed by atoms with E-state index < -0.39 is 0 Å². The molecule has 0 heterocycles. The molecule has 0 rings (SSSR count). The van der Waals surface area contributed by atoms with Crippen LogP contribution < -0.4 is 0 Å². The fourth-order valence-electron chi connectivity index (χ4n) is 0.245. The fraction of sp³-hybridized carbons (Fsp3) is 0.667. The predicted molar refractivity (Wildman–Crippen MR) is 36.8 cm³/mol. The lowest BCUT2D eigenvalue weighted by Gasteiger charge is -1.94. The van der Waals surface area contributed by atoms with Gasteiger partial charge in [-0.15, -0.1) is 0 Å². The van der Waals surface area contributed by atoms with E-state index in [0.29, 0.717) is 9.76 Å². The van der Waals surface area contributed by atoms with E-state index in [1.807, 2.05) is 13.8 Å². The molecule has 2 radical (unpaired) electrons. The van der Waals surface area contributed by atoms with Gasteiger partial charge in [-0.3, -0.25) is 0 Å². The lowest BCUT2D eigenvalue weighted by atomic mass is 10.6. The molecule has 46 valence electrons. The molecule has 0 saturated carbocycles. The van der Waals surface area contributed by atoms with E-state index in [4.69, 9.17) is 4.43 Å². The van der Waals surface area contributed by atoms with Gasteiger partial charge >= 0.3 is 0 Å². The molecule has 0 aliphatic heterocycles. The van der Waals surface area contributed by atoms with Crippen molar-refractivity contribution in [3.63, 3.8) is 0 Å². The lowest BCUT2D eigenvalue weighted by molar-refractivity contribution is 0.365. The normalized spacial score (nSPS) is 12.1. The van der Waals surface area contributed by atoms with Crippen LogP contribution in [0.2, 0.25) is 0 Å². The molecule has 0 atom stereocenters. The molecule has 8 heavy (non-hydrogen) atoms. The lowest BCUT2D eigenvalue weighted by Crippen LogP contribution is -1.98. The quantitative estimate of drug-likeness (QED) is 0.524. The van der Waals surface area contributed by atoms with Crippen molar-refractivity contribution in [2.45, 2.75) is 20.8 Å². The van der Waals surface area contributed by atoms with Crippen molar-refractivity contribution in [3.05, 3.63) is 11.3 Å². The summed E-state index contributed by atoms with van der Waals surface area (Å²) in [5.41, 5.74) is 0. The molecule has 0 saturated heterocycles. The zero-order chi connectivity index (χ0) is 6.41. The summed E-state index contributed by atoms with van der Waals surface area (Å²) in [6, 6.07) is 0. The van der Waals surface area contributed by atoms with Gasteiger partial charge < -0.3 is 4.43 Å². The summed E-state index contributed by atoms with van der Waals surface area (Å²) in [4.78, 5) is 0. The molecule has 0 N–H and O–H groups in total. The van der Waals surface area contributed by atoms with Crippen LogP contribution in [0.3, 0.4) is 0 Å². The Hall–Kier alpha value is -0.0831. The van der Waals surface area contributed by atoms with E-state index in [1.165, 1.54) is 5.20 Å². The van der Waals surface area contributed by atoms with Gasteiger partial charge in [-0.05, 0) is 20.8 Å². The van der Waals surface area contributed by atoms with Gasteiger partial charge in [0, 0.05) is 6.61 Å². The van der Waals surface area contributed by atoms with E-state index >= 15 is 0 Å². The highest BCUT2D eigenvalue weighted by Gasteiger charge is 1.87. The van der Waals surface area contributed by atoms with E-state index in [2.05, 4.69) is 13.0 Å². The second-order valence-corrected chi connectivity index (χ2v) is 2.79. The molecular formula is C6H12OSi. The SMILES string of the molecule is C/C=C(\C)[Si]OCC. The molecule has 0 aliphatic rings. The summed E-state index contributed by atoms with van der Waals surface area (Å²) in [6.07, 6.45) is 2.08. The monoisotopic (exact) mass is 128 g/mol. The highest BCUT2D eigenvalue weighted by molar-refractivity contribution is 6.37. The molecule has 0 aromatic heterocycles. The van der Waals surface area contributed by atoms with Crippen LogP contribution in [-0.2, 0) is 4.43 Å². The third-order valence-electron chi connectivity index (χ3n) is 0.811. The second-order valence-electron chi connectivity index (χ2n) is 1.51. The molecule has 0 spiro atoms. The van der Waals surface area contributed by atoms with Gasteiger partial charge in [0.05, 0.1) is 0 Å². The van der Waals surface area contributed by atoms with Crippen LogP contribution in [0.1, 0.15) is 20.8 Å². The topological polar surface area (TPSA) is 9.23 Å². The maximum absolute atomic E-state index is 5.15. The van der Waals surface area contributed by atoms with Gasteiger partial charge in [0.15, 0.2) is 0 Å². The van der Waals surface area contributed by atoms with Crippen LogP contribution in [-0.4, -0.2) is 16.4 Å². The summed E-state index contributed by atoms with van der Waals surface area (Å²) in [5.74, 6) is 0. The largest absolute Gasteiger partial charge is 0.412 e. The van der Waals surface area contributed by atoms with Crippen molar-refractivity contribution in [2.75, 3.05) is 6.61 Å². The number of hydrogen-bond donors (Lipinski definition) is 0. The first-order valence-corrected chi connectivity index (χ1v) is 3.72. The first-order valence-electron chi connectivity index (χ1n) is 2.82. The molecule has 0 aromatic rings. The third kappa shape index (κ3) is 4.09. The Labute approximate surface area is 53.7 Å². The number of hydrogen-bond acceptors (Lipinski definition) is 1. The number of rotatable bonds is 3. The van der Waals surface area contributed by atoms with Gasteiger partial charge in [0.25, 0.3) is 9.76 Å². The first kappa shape index (κ1) is 7.92.